The van der Waals surface area contributed by atoms with Crippen LogP contribution < -0.4 is 5.32 Å². The van der Waals surface area contributed by atoms with Gasteiger partial charge in [0.05, 0.1) is 31.8 Å². The molecule has 6 nitrogen and oxygen atoms in total. The maximum absolute atomic E-state index is 12.0. The van der Waals surface area contributed by atoms with Gasteiger partial charge in [0.2, 0.25) is 0 Å². The van der Waals surface area contributed by atoms with Gasteiger partial charge in [0.25, 0.3) is 5.91 Å². The molecule has 1 aromatic heterocycles. The second-order valence-electron chi connectivity index (χ2n) is 5.26. The van der Waals surface area contributed by atoms with Crippen LogP contribution in [0.2, 0.25) is 0 Å². The number of aromatic nitrogens is 2. The number of imidazole rings is 1. The van der Waals surface area contributed by atoms with E-state index in [1.165, 1.54) is 0 Å². The first-order valence-corrected chi connectivity index (χ1v) is 7.26. The number of carbonyl (C=O) groups excluding carboxylic acids is 1. The van der Waals surface area contributed by atoms with Gasteiger partial charge in [-0.2, -0.15) is 0 Å². The van der Waals surface area contributed by atoms with Crippen molar-refractivity contribution in [3.05, 3.63) is 42.0 Å². The van der Waals surface area contributed by atoms with Gasteiger partial charge in [-0.25, -0.2) is 4.98 Å². The number of aryl methyl sites for hydroxylation is 1. The summed E-state index contributed by atoms with van der Waals surface area (Å²) in [6, 6.07) is 7.63. The van der Waals surface area contributed by atoms with Crippen LogP contribution in [0.1, 0.15) is 11.4 Å². The Morgan fingerprint density at radius 1 is 1.27 bits per heavy atom. The zero-order chi connectivity index (χ0) is 15.5. The van der Waals surface area contributed by atoms with Crippen LogP contribution in [0, 0.1) is 13.8 Å². The van der Waals surface area contributed by atoms with E-state index < -0.39 is 6.10 Å². The van der Waals surface area contributed by atoms with Crippen molar-refractivity contribution >= 4 is 11.6 Å². The van der Waals surface area contributed by atoms with Crippen molar-refractivity contribution in [3.8, 4) is 5.69 Å². The molecule has 0 aliphatic carbocycles. The Balaban J connectivity index is 1.69. The number of nitrogens with zero attached hydrogens (tertiary/aromatic N) is 2. The molecule has 2 heterocycles. The van der Waals surface area contributed by atoms with E-state index in [0.29, 0.717) is 19.8 Å². The van der Waals surface area contributed by atoms with Crippen molar-refractivity contribution in [2.24, 2.45) is 0 Å². The molecule has 1 atom stereocenters. The number of anilines is 1. The zero-order valence-corrected chi connectivity index (χ0v) is 12.7. The molecule has 6 heteroatoms. The van der Waals surface area contributed by atoms with E-state index in [2.05, 4.69) is 10.3 Å². The molecule has 0 saturated carbocycles. The molecular formula is C16H19N3O3. The lowest BCUT2D eigenvalue weighted by Gasteiger charge is -2.22. The lowest BCUT2D eigenvalue weighted by atomic mass is 10.2. The molecular weight excluding hydrogens is 282 g/mol. The van der Waals surface area contributed by atoms with E-state index in [-0.39, 0.29) is 5.91 Å². The second kappa shape index (κ2) is 6.29. The minimum atomic E-state index is -0.535. The van der Waals surface area contributed by atoms with Crippen molar-refractivity contribution in [2.75, 3.05) is 25.1 Å². The van der Waals surface area contributed by atoms with E-state index >= 15 is 0 Å². The summed E-state index contributed by atoms with van der Waals surface area (Å²) in [7, 11) is 0. The largest absolute Gasteiger partial charge is 0.376 e. The highest BCUT2D eigenvalue weighted by atomic mass is 16.6. The quantitative estimate of drug-likeness (QED) is 0.939. The number of hydrogen-bond donors (Lipinski definition) is 1. The van der Waals surface area contributed by atoms with Crippen LogP contribution in [0.25, 0.3) is 5.69 Å². The number of nitrogens with one attached hydrogen (secondary N) is 1. The molecule has 0 spiro atoms. The summed E-state index contributed by atoms with van der Waals surface area (Å²) in [6.45, 7) is 5.31. The Kier molecular flexibility index (Phi) is 4.22. The van der Waals surface area contributed by atoms with Crippen molar-refractivity contribution in [1.29, 1.82) is 0 Å². The highest BCUT2D eigenvalue weighted by molar-refractivity contribution is 5.94. The summed E-state index contributed by atoms with van der Waals surface area (Å²) in [5.41, 5.74) is 3.85. The van der Waals surface area contributed by atoms with Gasteiger partial charge in [-0.1, -0.05) is 0 Å². The van der Waals surface area contributed by atoms with Crippen LogP contribution in [-0.2, 0) is 14.3 Å². The van der Waals surface area contributed by atoms with Crippen molar-refractivity contribution in [2.45, 2.75) is 20.0 Å². The highest BCUT2D eigenvalue weighted by Gasteiger charge is 2.22. The molecule has 116 valence electrons. The fourth-order valence-corrected chi connectivity index (χ4v) is 2.33. The Morgan fingerprint density at radius 3 is 2.64 bits per heavy atom. The van der Waals surface area contributed by atoms with E-state index in [1.807, 2.05) is 42.7 Å². The fraction of sp³-hybridized carbons (Fsp3) is 0.375. The SMILES string of the molecule is Cc1ncn(-c2ccc(NC(=O)C3COCCO3)cc2)c1C. The Morgan fingerprint density at radius 2 is 2.05 bits per heavy atom. The van der Waals surface area contributed by atoms with Gasteiger partial charge < -0.3 is 19.4 Å². The smallest absolute Gasteiger partial charge is 0.255 e. The monoisotopic (exact) mass is 301 g/mol. The third kappa shape index (κ3) is 3.03. The molecule has 3 rings (SSSR count). The lowest BCUT2D eigenvalue weighted by molar-refractivity contribution is -0.142. The van der Waals surface area contributed by atoms with Gasteiger partial charge in [-0.05, 0) is 38.1 Å². The van der Waals surface area contributed by atoms with Gasteiger partial charge in [0.1, 0.15) is 0 Å². The third-order valence-corrected chi connectivity index (χ3v) is 3.77. The third-order valence-electron chi connectivity index (χ3n) is 3.77. The van der Waals surface area contributed by atoms with Crippen LogP contribution in [0.3, 0.4) is 0 Å². The molecule has 1 aliphatic heterocycles. The standard InChI is InChI=1S/C16H19N3O3/c1-11-12(2)19(10-17-11)14-5-3-13(4-6-14)18-16(20)15-9-21-7-8-22-15/h3-6,10,15H,7-9H2,1-2H3,(H,18,20). The van der Waals surface area contributed by atoms with Crippen LogP contribution in [0.5, 0.6) is 0 Å². The predicted octanol–water partition coefficient (Wildman–Crippen LogP) is 1.84. The number of rotatable bonds is 3. The minimum Gasteiger partial charge on any atom is -0.376 e. The summed E-state index contributed by atoms with van der Waals surface area (Å²) < 4.78 is 12.6. The molecule has 2 aromatic rings. The summed E-state index contributed by atoms with van der Waals surface area (Å²) in [5.74, 6) is -0.179. The van der Waals surface area contributed by atoms with Gasteiger partial charge in [-0.15, -0.1) is 0 Å². The van der Waals surface area contributed by atoms with E-state index in [9.17, 15) is 4.79 Å². The van der Waals surface area contributed by atoms with Gasteiger partial charge >= 0.3 is 0 Å². The first-order chi connectivity index (χ1) is 10.6. The van der Waals surface area contributed by atoms with E-state index in [1.54, 1.807) is 6.33 Å². The average Bonchev–Trinajstić information content (AvgIpc) is 2.89. The average molecular weight is 301 g/mol. The predicted molar refractivity (Wildman–Crippen MR) is 82.2 cm³/mol. The van der Waals surface area contributed by atoms with Crippen LogP contribution in [0.4, 0.5) is 5.69 Å². The number of hydrogen-bond acceptors (Lipinski definition) is 4. The molecule has 22 heavy (non-hydrogen) atoms. The molecule has 1 fully saturated rings. The van der Waals surface area contributed by atoms with E-state index in [0.717, 1.165) is 22.8 Å². The molecule has 1 saturated heterocycles. The fourth-order valence-electron chi connectivity index (χ4n) is 2.33. The summed E-state index contributed by atoms with van der Waals surface area (Å²) in [5, 5.41) is 2.84. The molecule has 1 aromatic carbocycles. The van der Waals surface area contributed by atoms with Crippen LogP contribution in [-0.4, -0.2) is 41.4 Å². The number of carbonyl (C=O) groups is 1. The number of ether oxygens (including phenoxy) is 2. The Bertz CT molecular complexity index is 658. The van der Waals surface area contributed by atoms with Gasteiger partial charge in [0, 0.05) is 17.1 Å². The maximum atomic E-state index is 12.0. The second-order valence-corrected chi connectivity index (χ2v) is 5.26. The number of benzene rings is 1. The van der Waals surface area contributed by atoms with E-state index in [4.69, 9.17) is 9.47 Å². The summed E-state index contributed by atoms with van der Waals surface area (Å²) >= 11 is 0. The minimum absolute atomic E-state index is 0.179. The zero-order valence-electron chi connectivity index (χ0n) is 12.7. The van der Waals surface area contributed by atoms with Gasteiger partial charge in [-0.3, -0.25) is 4.79 Å². The normalized spacial score (nSPS) is 18.2. The topological polar surface area (TPSA) is 65.4 Å². The van der Waals surface area contributed by atoms with Gasteiger partial charge in [0.15, 0.2) is 6.10 Å². The first-order valence-electron chi connectivity index (χ1n) is 7.26. The highest BCUT2D eigenvalue weighted by Crippen LogP contribution is 2.17. The summed E-state index contributed by atoms with van der Waals surface area (Å²) in [6.07, 6.45) is 1.26. The number of amides is 1. The molecule has 1 N–H and O–H groups in total. The molecule has 1 amide bonds. The molecule has 0 radical (unpaired) electrons. The maximum Gasteiger partial charge on any atom is 0.255 e. The van der Waals surface area contributed by atoms with Crippen LogP contribution >= 0.6 is 0 Å². The first kappa shape index (κ1) is 14.7. The molecule has 0 bridgehead atoms. The Labute approximate surface area is 129 Å². The van der Waals surface area contributed by atoms with Crippen molar-refractivity contribution in [1.82, 2.24) is 9.55 Å². The molecule has 1 aliphatic rings. The van der Waals surface area contributed by atoms with Crippen LogP contribution in [0.15, 0.2) is 30.6 Å². The summed E-state index contributed by atoms with van der Waals surface area (Å²) in [4.78, 5) is 16.3. The molecule has 1 unspecified atom stereocenters. The van der Waals surface area contributed by atoms with Crippen molar-refractivity contribution in [3.63, 3.8) is 0 Å². The lowest BCUT2D eigenvalue weighted by Crippen LogP contribution is -2.39. The van der Waals surface area contributed by atoms with Crippen molar-refractivity contribution < 1.29 is 14.3 Å². The Hall–Kier alpha value is -2.18.